The number of aliphatic hydroxyl groups excluding tert-OH is 1. The fourth-order valence-electron chi connectivity index (χ4n) is 6.38. The lowest BCUT2D eigenvalue weighted by atomic mass is 9.47. The van der Waals surface area contributed by atoms with Crippen molar-refractivity contribution in [3.8, 4) is 0 Å². The van der Waals surface area contributed by atoms with Gasteiger partial charge in [-0.15, -0.1) is 0 Å². The number of aliphatic hydroxyl groups is 1. The molecule has 4 rings (SSSR count). The van der Waals surface area contributed by atoms with E-state index in [9.17, 15) is 9.90 Å². The van der Waals surface area contributed by atoms with E-state index < -0.39 is 0 Å². The molecule has 4 aliphatic rings. The van der Waals surface area contributed by atoms with E-state index in [-0.39, 0.29) is 6.10 Å². The second-order valence-electron chi connectivity index (χ2n) is 8.35. The third-order valence-corrected chi connectivity index (χ3v) is 7.50. The summed E-state index contributed by atoms with van der Waals surface area (Å²) in [5.41, 5.74) is 1.93. The molecule has 1 N–H and O–H groups in total. The van der Waals surface area contributed by atoms with Crippen LogP contribution in [0.4, 0.5) is 0 Å². The van der Waals surface area contributed by atoms with E-state index in [2.05, 4.69) is 6.92 Å². The lowest BCUT2D eigenvalue weighted by Crippen LogP contribution is -2.51. The van der Waals surface area contributed by atoms with Gasteiger partial charge < -0.3 is 5.11 Å². The maximum Gasteiger partial charge on any atom is 0.155 e. The number of hydrogen-bond acceptors (Lipinski definition) is 2. The van der Waals surface area contributed by atoms with Crippen molar-refractivity contribution in [2.45, 2.75) is 70.8 Å². The van der Waals surface area contributed by atoms with Gasteiger partial charge in [-0.05, 0) is 86.5 Å². The summed E-state index contributed by atoms with van der Waals surface area (Å²) < 4.78 is 0. The SMILES string of the molecule is CC12CCC(O)CC1CCC1C3CCC(=O)C=C3CCC12. The van der Waals surface area contributed by atoms with Crippen LogP contribution in [0.3, 0.4) is 0 Å². The Morgan fingerprint density at radius 2 is 2.00 bits per heavy atom. The van der Waals surface area contributed by atoms with E-state index >= 15 is 0 Å². The molecule has 0 saturated heterocycles. The Bertz CT molecular complexity index is 480. The minimum Gasteiger partial charge on any atom is -0.393 e. The molecule has 3 saturated carbocycles. The van der Waals surface area contributed by atoms with Gasteiger partial charge in [0.25, 0.3) is 0 Å². The third kappa shape index (κ3) is 2.13. The molecule has 0 radical (unpaired) electrons. The van der Waals surface area contributed by atoms with Crippen LogP contribution in [0.25, 0.3) is 0 Å². The largest absolute Gasteiger partial charge is 0.393 e. The first-order valence-corrected chi connectivity index (χ1v) is 8.99. The fraction of sp³-hybridized carbons (Fsp3) is 0.842. The van der Waals surface area contributed by atoms with Crippen LogP contribution >= 0.6 is 0 Å². The number of carbonyl (C=O) groups is 1. The topological polar surface area (TPSA) is 37.3 Å². The molecule has 21 heavy (non-hydrogen) atoms. The molecule has 0 amide bonds. The highest BCUT2D eigenvalue weighted by Gasteiger charge is 2.53. The molecule has 0 aromatic carbocycles. The molecular weight excluding hydrogens is 260 g/mol. The Morgan fingerprint density at radius 1 is 1.14 bits per heavy atom. The predicted octanol–water partition coefficient (Wildman–Crippen LogP) is 3.88. The van der Waals surface area contributed by atoms with Gasteiger partial charge in [-0.1, -0.05) is 12.5 Å². The van der Waals surface area contributed by atoms with Gasteiger partial charge in [0.15, 0.2) is 5.78 Å². The molecule has 6 atom stereocenters. The molecule has 2 nitrogen and oxygen atoms in total. The minimum atomic E-state index is -0.0500. The molecule has 0 heterocycles. The highest BCUT2D eigenvalue weighted by Crippen LogP contribution is 2.61. The summed E-state index contributed by atoms with van der Waals surface area (Å²) in [4.78, 5) is 11.7. The van der Waals surface area contributed by atoms with Crippen molar-refractivity contribution in [3.63, 3.8) is 0 Å². The average molecular weight is 288 g/mol. The lowest BCUT2D eigenvalue weighted by Gasteiger charge is -2.58. The second kappa shape index (κ2) is 4.94. The van der Waals surface area contributed by atoms with Crippen LogP contribution in [0, 0.1) is 29.1 Å². The van der Waals surface area contributed by atoms with Gasteiger partial charge in [0.2, 0.25) is 0 Å². The van der Waals surface area contributed by atoms with Gasteiger partial charge in [-0.3, -0.25) is 4.79 Å². The van der Waals surface area contributed by atoms with E-state index in [1.807, 2.05) is 6.08 Å². The van der Waals surface area contributed by atoms with Gasteiger partial charge in [0.1, 0.15) is 0 Å². The molecule has 116 valence electrons. The van der Waals surface area contributed by atoms with Crippen LogP contribution in [0.1, 0.15) is 64.7 Å². The first kappa shape index (κ1) is 14.0. The van der Waals surface area contributed by atoms with E-state index in [1.165, 1.54) is 31.3 Å². The molecule has 2 heteroatoms. The van der Waals surface area contributed by atoms with Crippen LogP contribution in [0.2, 0.25) is 0 Å². The number of ketones is 1. The van der Waals surface area contributed by atoms with E-state index in [1.54, 1.807) is 0 Å². The summed E-state index contributed by atoms with van der Waals surface area (Å²) in [6.45, 7) is 2.52. The Hall–Kier alpha value is -0.630. The summed E-state index contributed by atoms with van der Waals surface area (Å²) in [6, 6.07) is 0. The molecule has 0 spiro atoms. The zero-order valence-electron chi connectivity index (χ0n) is 13.2. The molecule has 0 aromatic heterocycles. The standard InChI is InChI=1S/C19H28O2/c1-19-9-8-15(21)11-13(19)3-5-17-16-6-4-14(20)10-12(16)2-7-18(17)19/h10,13,15-18,21H,2-9,11H2,1H3. The molecule has 3 fully saturated rings. The zero-order chi connectivity index (χ0) is 14.6. The van der Waals surface area contributed by atoms with Gasteiger partial charge >= 0.3 is 0 Å². The predicted molar refractivity (Wildman–Crippen MR) is 82.7 cm³/mol. The van der Waals surface area contributed by atoms with Crippen molar-refractivity contribution in [2.24, 2.45) is 29.1 Å². The van der Waals surface area contributed by atoms with Crippen LogP contribution in [-0.2, 0) is 4.79 Å². The Balaban J connectivity index is 1.62. The van der Waals surface area contributed by atoms with Crippen molar-refractivity contribution >= 4 is 5.78 Å². The van der Waals surface area contributed by atoms with Crippen LogP contribution < -0.4 is 0 Å². The number of allylic oxidation sites excluding steroid dienone is 2. The van der Waals surface area contributed by atoms with Gasteiger partial charge in [0.05, 0.1) is 6.10 Å². The molecule has 0 bridgehead atoms. The van der Waals surface area contributed by atoms with Crippen molar-refractivity contribution in [2.75, 3.05) is 0 Å². The Kier molecular flexibility index (Phi) is 3.29. The van der Waals surface area contributed by atoms with Crippen molar-refractivity contribution in [1.82, 2.24) is 0 Å². The molecule has 0 aliphatic heterocycles. The molecular formula is C19H28O2. The number of carbonyl (C=O) groups excluding carboxylic acids is 1. The highest BCUT2D eigenvalue weighted by atomic mass is 16.3. The zero-order valence-corrected chi connectivity index (χ0v) is 13.2. The fourth-order valence-corrected chi connectivity index (χ4v) is 6.38. The monoisotopic (exact) mass is 288 g/mol. The third-order valence-electron chi connectivity index (χ3n) is 7.50. The van der Waals surface area contributed by atoms with E-state index in [0.717, 1.165) is 49.9 Å². The average Bonchev–Trinajstić information content (AvgIpc) is 2.47. The lowest BCUT2D eigenvalue weighted by molar-refractivity contribution is -0.117. The summed E-state index contributed by atoms with van der Waals surface area (Å²) >= 11 is 0. The highest BCUT2D eigenvalue weighted by molar-refractivity contribution is 5.91. The van der Waals surface area contributed by atoms with Gasteiger partial charge in [-0.25, -0.2) is 0 Å². The minimum absolute atomic E-state index is 0.0500. The van der Waals surface area contributed by atoms with Gasteiger partial charge in [0, 0.05) is 6.42 Å². The quantitative estimate of drug-likeness (QED) is 0.734. The van der Waals surface area contributed by atoms with Crippen LogP contribution in [0.5, 0.6) is 0 Å². The normalized spacial score (nSPS) is 49.7. The summed E-state index contributed by atoms with van der Waals surface area (Å²) in [5, 5.41) is 10.0. The first-order chi connectivity index (χ1) is 10.1. The summed E-state index contributed by atoms with van der Waals surface area (Å²) in [7, 11) is 0. The number of rotatable bonds is 0. The van der Waals surface area contributed by atoms with Crippen LogP contribution in [-0.4, -0.2) is 17.0 Å². The van der Waals surface area contributed by atoms with Gasteiger partial charge in [-0.2, -0.15) is 0 Å². The van der Waals surface area contributed by atoms with Crippen molar-refractivity contribution in [1.29, 1.82) is 0 Å². The Labute approximate surface area is 128 Å². The summed E-state index contributed by atoms with van der Waals surface area (Å²) in [6.07, 6.45) is 12.1. The molecule has 4 aliphatic carbocycles. The molecule has 0 aromatic rings. The number of hydrogen-bond donors (Lipinski definition) is 1. The Morgan fingerprint density at radius 3 is 2.86 bits per heavy atom. The van der Waals surface area contributed by atoms with Crippen molar-refractivity contribution in [3.05, 3.63) is 11.6 Å². The van der Waals surface area contributed by atoms with Crippen LogP contribution in [0.15, 0.2) is 11.6 Å². The second-order valence-corrected chi connectivity index (χ2v) is 8.35. The van der Waals surface area contributed by atoms with E-state index in [4.69, 9.17) is 0 Å². The smallest absolute Gasteiger partial charge is 0.155 e. The van der Waals surface area contributed by atoms with Crippen molar-refractivity contribution < 1.29 is 9.90 Å². The van der Waals surface area contributed by atoms with E-state index in [0.29, 0.717) is 17.1 Å². The maximum absolute atomic E-state index is 11.7. The number of fused-ring (bicyclic) bond motifs is 5. The molecule has 6 unspecified atom stereocenters. The first-order valence-electron chi connectivity index (χ1n) is 8.99. The summed E-state index contributed by atoms with van der Waals surface area (Å²) in [5.74, 6) is 3.44. The maximum atomic E-state index is 11.7.